The largest absolute Gasteiger partial charge is 0.381 e. The van der Waals surface area contributed by atoms with Gasteiger partial charge < -0.3 is 9.53 Å². The molecule has 2 fully saturated rings. The predicted molar refractivity (Wildman–Crippen MR) is 55.0 cm³/mol. The number of aldehydes is 1. The lowest BCUT2D eigenvalue weighted by molar-refractivity contribution is -0.114. The van der Waals surface area contributed by atoms with Gasteiger partial charge in [0.2, 0.25) is 0 Å². The maximum Gasteiger partial charge on any atom is 0.123 e. The first-order valence-corrected chi connectivity index (χ1v) is 5.57. The molecule has 2 nitrogen and oxygen atoms in total. The number of ether oxygens (including phenoxy) is 1. The second-order valence-electron chi connectivity index (χ2n) is 5.50. The Hall–Kier alpha value is -0.370. The van der Waals surface area contributed by atoms with Crippen molar-refractivity contribution in [2.24, 2.45) is 23.2 Å². The van der Waals surface area contributed by atoms with E-state index in [4.69, 9.17) is 4.74 Å². The summed E-state index contributed by atoms with van der Waals surface area (Å²) in [4.78, 5) is 11.0. The zero-order valence-corrected chi connectivity index (χ0v) is 9.32. The van der Waals surface area contributed by atoms with Crippen LogP contribution in [0, 0.1) is 23.2 Å². The van der Waals surface area contributed by atoms with Gasteiger partial charge in [0.25, 0.3) is 0 Å². The molecular weight excluding hydrogens is 176 g/mol. The van der Waals surface area contributed by atoms with Crippen LogP contribution < -0.4 is 0 Å². The summed E-state index contributed by atoms with van der Waals surface area (Å²) < 4.78 is 5.42. The van der Waals surface area contributed by atoms with Crippen LogP contribution in [-0.2, 0) is 9.53 Å². The van der Waals surface area contributed by atoms with Crippen molar-refractivity contribution in [2.45, 2.75) is 39.2 Å². The van der Waals surface area contributed by atoms with Crippen molar-refractivity contribution < 1.29 is 9.53 Å². The summed E-state index contributed by atoms with van der Waals surface area (Å²) in [6.45, 7) is 4.49. The molecule has 0 aromatic rings. The molecule has 14 heavy (non-hydrogen) atoms. The maximum absolute atomic E-state index is 11.0. The van der Waals surface area contributed by atoms with Gasteiger partial charge in [-0.15, -0.1) is 0 Å². The molecule has 0 N–H and O–H groups in total. The highest BCUT2D eigenvalue weighted by molar-refractivity contribution is 5.56. The van der Waals surface area contributed by atoms with Crippen LogP contribution in [0.3, 0.4) is 0 Å². The van der Waals surface area contributed by atoms with Gasteiger partial charge in [0.05, 0.1) is 6.10 Å². The highest BCUT2D eigenvalue weighted by Crippen LogP contribution is 2.57. The lowest BCUT2D eigenvalue weighted by Crippen LogP contribution is -2.27. The highest BCUT2D eigenvalue weighted by Gasteiger charge is 2.52. The summed E-state index contributed by atoms with van der Waals surface area (Å²) in [7, 11) is 1.80. The van der Waals surface area contributed by atoms with Crippen molar-refractivity contribution in [3.05, 3.63) is 0 Å². The Labute approximate surface area is 86.0 Å². The van der Waals surface area contributed by atoms with Crippen molar-refractivity contribution in [1.29, 1.82) is 0 Å². The summed E-state index contributed by atoms with van der Waals surface area (Å²) >= 11 is 0. The summed E-state index contributed by atoms with van der Waals surface area (Å²) in [5.74, 6) is 1.70. The van der Waals surface area contributed by atoms with E-state index in [9.17, 15) is 4.79 Å². The molecule has 2 rings (SSSR count). The van der Waals surface area contributed by atoms with Gasteiger partial charge in [-0.3, -0.25) is 0 Å². The standard InChI is InChI=1S/C12H20O2/c1-12(2)9(7-13)4-8-5-10(14-3)6-11(8)12/h7-11H,4-6H2,1-3H3/t8-,9-,10+,11+/m0/s1. The Balaban J connectivity index is 2.14. The zero-order chi connectivity index (χ0) is 10.3. The first-order valence-electron chi connectivity index (χ1n) is 5.57. The number of methoxy groups -OCH3 is 1. The van der Waals surface area contributed by atoms with Crippen LogP contribution in [-0.4, -0.2) is 19.5 Å². The minimum Gasteiger partial charge on any atom is -0.381 e. The second-order valence-corrected chi connectivity index (χ2v) is 5.50. The molecule has 0 saturated heterocycles. The number of rotatable bonds is 2. The van der Waals surface area contributed by atoms with E-state index >= 15 is 0 Å². The van der Waals surface area contributed by atoms with E-state index < -0.39 is 0 Å². The number of fused-ring (bicyclic) bond motifs is 1. The molecule has 0 heterocycles. The van der Waals surface area contributed by atoms with E-state index in [0.29, 0.717) is 12.0 Å². The molecule has 0 aromatic heterocycles. The normalized spacial score (nSPS) is 45.1. The lowest BCUT2D eigenvalue weighted by atomic mass is 9.75. The van der Waals surface area contributed by atoms with Crippen LogP contribution >= 0.6 is 0 Å². The van der Waals surface area contributed by atoms with Crippen LogP contribution in [0.4, 0.5) is 0 Å². The second kappa shape index (κ2) is 3.34. The molecule has 0 unspecified atom stereocenters. The van der Waals surface area contributed by atoms with E-state index in [0.717, 1.165) is 25.2 Å². The molecule has 4 atom stereocenters. The molecule has 0 aromatic carbocycles. The highest BCUT2D eigenvalue weighted by atomic mass is 16.5. The third-order valence-corrected chi connectivity index (χ3v) is 4.62. The quantitative estimate of drug-likeness (QED) is 0.633. The van der Waals surface area contributed by atoms with E-state index in [1.807, 2.05) is 0 Å². The van der Waals surface area contributed by atoms with Crippen LogP contribution in [0.15, 0.2) is 0 Å². The molecule has 2 aliphatic carbocycles. The van der Waals surface area contributed by atoms with E-state index in [1.54, 1.807) is 7.11 Å². The zero-order valence-electron chi connectivity index (χ0n) is 9.32. The van der Waals surface area contributed by atoms with Gasteiger partial charge in [0.15, 0.2) is 0 Å². The third-order valence-electron chi connectivity index (χ3n) is 4.62. The van der Waals surface area contributed by atoms with Crippen molar-refractivity contribution in [3.63, 3.8) is 0 Å². The summed E-state index contributed by atoms with van der Waals surface area (Å²) in [6.07, 6.45) is 5.01. The fraction of sp³-hybridized carbons (Fsp3) is 0.917. The number of hydrogen-bond donors (Lipinski definition) is 0. The van der Waals surface area contributed by atoms with Crippen molar-refractivity contribution in [3.8, 4) is 0 Å². The molecular formula is C12H20O2. The minimum atomic E-state index is 0.194. The van der Waals surface area contributed by atoms with Crippen molar-refractivity contribution in [1.82, 2.24) is 0 Å². The van der Waals surface area contributed by atoms with Gasteiger partial charge in [-0.2, -0.15) is 0 Å². The summed E-state index contributed by atoms with van der Waals surface area (Å²) in [6, 6.07) is 0. The first kappa shape index (κ1) is 10.2. The van der Waals surface area contributed by atoms with Crippen LogP contribution in [0.25, 0.3) is 0 Å². The van der Waals surface area contributed by atoms with Gasteiger partial charge >= 0.3 is 0 Å². The van der Waals surface area contributed by atoms with Crippen LogP contribution in [0.1, 0.15) is 33.1 Å². The Bertz CT molecular complexity index is 234. The number of hydrogen-bond acceptors (Lipinski definition) is 2. The Morgan fingerprint density at radius 2 is 2.00 bits per heavy atom. The van der Waals surface area contributed by atoms with E-state index in [2.05, 4.69) is 13.8 Å². The SMILES string of the molecule is CO[C@@H]1C[C@@H]2C[C@@H](C=O)C(C)(C)[C@@H]2C1. The lowest BCUT2D eigenvalue weighted by Gasteiger charge is -2.30. The third kappa shape index (κ3) is 1.31. The van der Waals surface area contributed by atoms with Gasteiger partial charge in [0.1, 0.15) is 6.29 Å². The Morgan fingerprint density at radius 1 is 1.29 bits per heavy atom. The average Bonchev–Trinajstić information content (AvgIpc) is 2.65. The summed E-state index contributed by atoms with van der Waals surface area (Å²) in [5, 5.41) is 0. The fourth-order valence-corrected chi connectivity index (χ4v) is 3.57. The first-order chi connectivity index (χ1) is 6.59. The molecule has 0 bridgehead atoms. The topological polar surface area (TPSA) is 26.3 Å². The molecule has 0 spiro atoms. The molecule has 2 heteroatoms. The molecule has 2 saturated carbocycles. The fourth-order valence-electron chi connectivity index (χ4n) is 3.57. The summed E-state index contributed by atoms with van der Waals surface area (Å²) in [5.41, 5.74) is 0.194. The van der Waals surface area contributed by atoms with Crippen molar-refractivity contribution in [2.75, 3.05) is 7.11 Å². The molecule has 80 valence electrons. The van der Waals surface area contributed by atoms with E-state index in [-0.39, 0.29) is 11.3 Å². The maximum atomic E-state index is 11.0. The minimum absolute atomic E-state index is 0.194. The molecule has 2 aliphatic rings. The average molecular weight is 196 g/mol. The molecule has 0 amide bonds. The van der Waals surface area contributed by atoms with Crippen molar-refractivity contribution >= 4 is 6.29 Å². The smallest absolute Gasteiger partial charge is 0.123 e. The van der Waals surface area contributed by atoms with Gasteiger partial charge in [-0.1, -0.05) is 13.8 Å². The predicted octanol–water partition coefficient (Wildman–Crippen LogP) is 2.27. The van der Waals surface area contributed by atoms with Gasteiger partial charge in [-0.25, -0.2) is 0 Å². The number of carbonyl (C=O) groups excluding carboxylic acids is 1. The Kier molecular flexibility index (Phi) is 2.42. The monoisotopic (exact) mass is 196 g/mol. The Morgan fingerprint density at radius 3 is 2.50 bits per heavy atom. The molecule has 0 radical (unpaired) electrons. The van der Waals surface area contributed by atoms with Crippen LogP contribution in [0.5, 0.6) is 0 Å². The number of carbonyl (C=O) groups is 1. The van der Waals surface area contributed by atoms with Crippen LogP contribution in [0.2, 0.25) is 0 Å². The van der Waals surface area contributed by atoms with E-state index in [1.165, 1.54) is 6.29 Å². The molecule has 0 aliphatic heterocycles. The van der Waals surface area contributed by atoms with Gasteiger partial charge in [0, 0.05) is 13.0 Å². The van der Waals surface area contributed by atoms with Gasteiger partial charge in [-0.05, 0) is 36.5 Å².